The van der Waals surface area contributed by atoms with Crippen LogP contribution in [0, 0.1) is 5.82 Å². The molecule has 0 unspecified atom stereocenters. The largest absolute Gasteiger partial charge is 0.387 e. The molecule has 8 heteroatoms. The molecule has 3 N–H and O–H groups in total. The molecule has 0 radical (unpaired) electrons. The Bertz CT molecular complexity index is 686. The van der Waals surface area contributed by atoms with Gasteiger partial charge in [-0.3, -0.25) is 0 Å². The maximum atomic E-state index is 12.8. The van der Waals surface area contributed by atoms with Crippen molar-refractivity contribution in [3.8, 4) is 0 Å². The van der Waals surface area contributed by atoms with Crippen molar-refractivity contribution in [2.24, 2.45) is 0 Å². The van der Waals surface area contributed by atoms with Crippen molar-refractivity contribution in [2.45, 2.75) is 32.0 Å². The van der Waals surface area contributed by atoms with E-state index in [1.807, 2.05) is 4.57 Å². The molecule has 0 saturated carbocycles. The van der Waals surface area contributed by atoms with Crippen LogP contribution in [0.3, 0.4) is 0 Å². The standard InChI is InChI=1S/C15H18FN5O2/c16-11-5-3-10(4-6-11)12(22)8-17-15(23)18-9-14-20-19-13-2-1-7-21(13)14/h3-6,12,22H,1-2,7-9H2,(H2,17,18,23)/t12-/m1/s1. The maximum Gasteiger partial charge on any atom is 0.315 e. The topological polar surface area (TPSA) is 92.1 Å². The highest BCUT2D eigenvalue weighted by molar-refractivity contribution is 5.73. The molecule has 0 aliphatic carbocycles. The summed E-state index contributed by atoms with van der Waals surface area (Å²) >= 11 is 0. The molecule has 2 heterocycles. The molecule has 1 aliphatic rings. The van der Waals surface area contributed by atoms with Crippen LogP contribution in [0.25, 0.3) is 0 Å². The minimum absolute atomic E-state index is 0.0371. The summed E-state index contributed by atoms with van der Waals surface area (Å²) in [5, 5.41) is 23.3. The van der Waals surface area contributed by atoms with Gasteiger partial charge in [0.05, 0.1) is 12.6 Å². The molecule has 23 heavy (non-hydrogen) atoms. The van der Waals surface area contributed by atoms with Crippen LogP contribution in [0.2, 0.25) is 0 Å². The lowest BCUT2D eigenvalue weighted by Gasteiger charge is -2.13. The fourth-order valence-corrected chi connectivity index (χ4v) is 2.56. The van der Waals surface area contributed by atoms with Crippen LogP contribution >= 0.6 is 0 Å². The molecule has 3 rings (SSSR count). The van der Waals surface area contributed by atoms with Gasteiger partial charge < -0.3 is 20.3 Å². The lowest BCUT2D eigenvalue weighted by molar-refractivity contribution is 0.173. The molecule has 1 aromatic carbocycles. The molecule has 7 nitrogen and oxygen atoms in total. The van der Waals surface area contributed by atoms with Crippen molar-refractivity contribution >= 4 is 6.03 Å². The van der Waals surface area contributed by atoms with E-state index in [-0.39, 0.29) is 18.9 Å². The third-order valence-corrected chi connectivity index (χ3v) is 3.80. The Morgan fingerprint density at radius 2 is 2.09 bits per heavy atom. The van der Waals surface area contributed by atoms with E-state index in [0.717, 1.165) is 31.0 Å². The van der Waals surface area contributed by atoms with Crippen LogP contribution in [-0.4, -0.2) is 32.4 Å². The first-order valence-electron chi connectivity index (χ1n) is 7.49. The van der Waals surface area contributed by atoms with Crippen LogP contribution in [0.1, 0.15) is 29.7 Å². The van der Waals surface area contributed by atoms with Crippen LogP contribution < -0.4 is 10.6 Å². The Labute approximate surface area is 132 Å². The second-order valence-corrected chi connectivity index (χ2v) is 5.42. The Morgan fingerprint density at radius 3 is 2.87 bits per heavy atom. The zero-order valence-electron chi connectivity index (χ0n) is 12.5. The van der Waals surface area contributed by atoms with Gasteiger partial charge in [0.2, 0.25) is 0 Å². The highest BCUT2D eigenvalue weighted by atomic mass is 19.1. The predicted molar refractivity (Wildman–Crippen MR) is 79.9 cm³/mol. The quantitative estimate of drug-likeness (QED) is 0.763. The van der Waals surface area contributed by atoms with Crippen molar-refractivity contribution in [2.75, 3.05) is 6.54 Å². The van der Waals surface area contributed by atoms with E-state index < -0.39 is 12.1 Å². The molecule has 2 amide bonds. The first-order chi connectivity index (χ1) is 11.1. The number of carbonyl (C=O) groups excluding carboxylic acids is 1. The van der Waals surface area contributed by atoms with Crippen LogP contribution in [0.4, 0.5) is 9.18 Å². The van der Waals surface area contributed by atoms with Gasteiger partial charge in [0.15, 0.2) is 5.82 Å². The van der Waals surface area contributed by atoms with Crippen molar-refractivity contribution in [3.63, 3.8) is 0 Å². The molecule has 1 aromatic heterocycles. The van der Waals surface area contributed by atoms with E-state index in [1.54, 1.807) is 0 Å². The molecular weight excluding hydrogens is 301 g/mol. The zero-order valence-corrected chi connectivity index (χ0v) is 12.5. The summed E-state index contributed by atoms with van der Waals surface area (Å²) < 4.78 is 14.8. The first kappa shape index (κ1) is 15.4. The number of hydrogen-bond acceptors (Lipinski definition) is 4. The smallest absolute Gasteiger partial charge is 0.315 e. The normalized spacial score (nSPS) is 14.3. The Kier molecular flexibility index (Phi) is 4.52. The van der Waals surface area contributed by atoms with Crippen LogP contribution in [0.15, 0.2) is 24.3 Å². The highest BCUT2D eigenvalue weighted by Crippen LogP contribution is 2.14. The lowest BCUT2D eigenvalue weighted by Crippen LogP contribution is -2.37. The Morgan fingerprint density at radius 1 is 1.30 bits per heavy atom. The van der Waals surface area contributed by atoms with Crippen molar-refractivity contribution in [3.05, 3.63) is 47.3 Å². The van der Waals surface area contributed by atoms with E-state index in [0.29, 0.717) is 5.56 Å². The maximum absolute atomic E-state index is 12.8. The van der Waals surface area contributed by atoms with E-state index in [9.17, 15) is 14.3 Å². The van der Waals surface area contributed by atoms with Crippen molar-refractivity contribution in [1.29, 1.82) is 0 Å². The lowest BCUT2D eigenvalue weighted by atomic mass is 10.1. The number of aryl methyl sites for hydroxylation is 1. The van der Waals surface area contributed by atoms with E-state index >= 15 is 0 Å². The predicted octanol–water partition coefficient (Wildman–Crippen LogP) is 0.896. The number of halogens is 1. The number of aromatic nitrogens is 3. The van der Waals surface area contributed by atoms with Crippen molar-refractivity contribution in [1.82, 2.24) is 25.4 Å². The van der Waals surface area contributed by atoms with Crippen LogP contribution in [-0.2, 0) is 19.5 Å². The SMILES string of the molecule is O=C(NCc1nnc2n1CCC2)NC[C@@H](O)c1ccc(F)cc1. The summed E-state index contributed by atoms with van der Waals surface area (Å²) in [6.07, 6.45) is 1.08. The summed E-state index contributed by atoms with van der Waals surface area (Å²) in [7, 11) is 0. The second kappa shape index (κ2) is 6.74. The highest BCUT2D eigenvalue weighted by Gasteiger charge is 2.17. The average Bonchev–Trinajstić information content (AvgIpc) is 3.15. The third-order valence-electron chi connectivity index (χ3n) is 3.80. The van der Waals surface area contributed by atoms with Gasteiger partial charge in [-0.25, -0.2) is 9.18 Å². The Hall–Kier alpha value is -2.48. The summed E-state index contributed by atoms with van der Waals surface area (Å²) in [4.78, 5) is 11.8. The van der Waals surface area contributed by atoms with Gasteiger partial charge in [-0.15, -0.1) is 10.2 Å². The fraction of sp³-hybridized carbons (Fsp3) is 0.400. The fourth-order valence-electron chi connectivity index (χ4n) is 2.56. The molecule has 0 saturated heterocycles. The number of amides is 2. The number of rotatable bonds is 5. The monoisotopic (exact) mass is 319 g/mol. The van der Waals surface area contributed by atoms with E-state index in [4.69, 9.17) is 0 Å². The minimum atomic E-state index is -0.890. The summed E-state index contributed by atoms with van der Waals surface area (Å²) in [5.74, 6) is 1.31. The average molecular weight is 319 g/mol. The summed E-state index contributed by atoms with van der Waals surface area (Å²) in [5.41, 5.74) is 0.543. The number of nitrogens with one attached hydrogen (secondary N) is 2. The first-order valence-corrected chi connectivity index (χ1v) is 7.49. The Balaban J connectivity index is 1.45. The molecule has 0 fully saturated rings. The van der Waals surface area contributed by atoms with Crippen LogP contribution in [0.5, 0.6) is 0 Å². The number of carbonyl (C=O) groups is 1. The van der Waals surface area contributed by atoms with E-state index in [1.165, 1.54) is 24.3 Å². The van der Waals surface area contributed by atoms with Gasteiger partial charge in [-0.2, -0.15) is 0 Å². The molecule has 1 atom stereocenters. The third kappa shape index (κ3) is 3.65. The summed E-state index contributed by atoms with van der Waals surface area (Å²) in [6, 6.07) is 5.11. The number of benzene rings is 1. The number of aliphatic hydroxyl groups is 1. The molecular formula is C15H18FN5O2. The number of nitrogens with zero attached hydrogens (tertiary/aromatic N) is 3. The molecule has 0 spiro atoms. The van der Waals surface area contributed by atoms with Gasteiger partial charge in [0.25, 0.3) is 0 Å². The zero-order chi connectivity index (χ0) is 16.2. The summed E-state index contributed by atoms with van der Waals surface area (Å²) in [6.45, 7) is 1.20. The van der Waals surface area contributed by atoms with Gasteiger partial charge in [-0.05, 0) is 24.1 Å². The van der Waals surface area contributed by atoms with Gasteiger partial charge in [0.1, 0.15) is 11.6 Å². The van der Waals surface area contributed by atoms with E-state index in [2.05, 4.69) is 20.8 Å². The van der Waals surface area contributed by atoms with Crippen molar-refractivity contribution < 1.29 is 14.3 Å². The number of fused-ring (bicyclic) bond motifs is 1. The van der Waals surface area contributed by atoms with Gasteiger partial charge in [0, 0.05) is 19.5 Å². The molecule has 0 bridgehead atoms. The van der Waals surface area contributed by atoms with Gasteiger partial charge in [-0.1, -0.05) is 12.1 Å². The molecule has 122 valence electrons. The molecule has 2 aromatic rings. The number of hydrogen-bond donors (Lipinski definition) is 3. The number of aliphatic hydroxyl groups excluding tert-OH is 1. The number of urea groups is 1. The molecule has 1 aliphatic heterocycles. The minimum Gasteiger partial charge on any atom is -0.387 e. The van der Waals surface area contributed by atoms with Gasteiger partial charge >= 0.3 is 6.03 Å². The second-order valence-electron chi connectivity index (χ2n) is 5.42.